The molecule has 5 heteroatoms. The summed E-state index contributed by atoms with van der Waals surface area (Å²) >= 11 is 5.34. The zero-order valence-corrected chi connectivity index (χ0v) is 8.54. The second kappa shape index (κ2) is 4.81. The third-order valence-electron chi connectivity index (χ3n) is 1.86. The molecule has 0 atom stereocenters. The molecule has 1 N–H and O–H groups in total. The van der Waals surface area contributed by atoms with Crippen LogP contribution in [0.5, 0.6) is 0 Å². The van der Waals surface area contributed by atoms with Crippen molar-refractivity contribution < 1.29 is 0 Å². The van der Waals surface area contributed by atoms with Gasteiger partial charge in [0.2, 0.25) is 0 Å². The fraction of sp³-hybridized carbons (Fsp3) is 0.333. The third-order valence-corrected chi connectivity index (χ3v) is 2.03. The van der Waals surface area contributed by atoms with E-state index in [9.17, 15) is 9.59 Å². The van der Waals surface area contributed by atoms with Gasteiger partial charge in [-0.1, -0.05) is 24.6 Å². The molecule has 0 aliphatic heterocycles. The van der Waals surface area contributed by atoms with Crippen molar-refractivity contribution in [2.45, 2.75) is 19.9 Å². The summed E-state index contributed by atoms with van der Waals surface area (Å²) in [5, 5.41) is 0. The predicted molar refractivity (Wildman–Crippen MR) is 55.7 cm³/mol. The molecule has 0 aliphatic rings. The van der Waals surface area contributed by atoms with Crippen molar-refractivity contribution in [2.24, 2.45) is 0 Å². The molecule has 0 amide bonds. The van der Waals surface area contributed by atoms with E-state index < -0.39 is 5.69 Å². The molecule has 0 aromatic carbocycles. The van der Waals surface area contributed by atoms with Gasteiger partial charge in [0.1, 0.15) is 0 Å². The van der Waals surface area contributed by atoms with Crippen LogP contribution in [0.4, 0.5) is 0 Å². The maximum absolute atomic E-state index is 11.2. The fourth-order valence-corrected chi connectivity index (χ4v) is 1.18. The minimum Gasteiger partial charge on any atom is -0.296 e. The summed E-state index contributed by atoms with van der Waals surface area (Å²) < 4.78 is 1.40. The molecule has 0 spiro atoms. The predicted octanol–water partition coefficient (Wildman–Crippen LogP) is 0.851. The number of aromatic nitrogens is 2. The van der Waals surface area contributed by atoms with E-state index in [0.29, 0.717) is 18.5 Å². The molecular formula is C9H11ClN2O2. The lowest BCUT2D eigenvalue weighted by Gasteiger charge is -2.02. The molecule has 1 rings (SSSR count). The largest absolute Gasteiger partial charge is 0.328 e. The molecule has 0 saturated carbocycles. The van der Waals surface area contributed by atoms with Gasteiger partial charge in [-0.25, -0.2) is 4.79 Å². The van der Waals surface area contributed by atoms with E-state index in [4.69, 9.17) is 11.6 Å². The molecule has 1 aromatic heterocycles. The lowest BCUT2D eigenvalue weighted by atomic mass is 10.3. The number of hydrogen-bond acceptors (Lipinski definition) is 2. The number of aryl methyl sites for hydroxylation is 1. The molecule has 1 heterocycles. The Morgan fingerprint density at radius 1 is 1.57 bits per heavy atom. The summed E-state index contributed by atoms with van der Waals surface area (Å²) in [4.78, 5) is 24.7. The summed E-state index contributed by atoms with van der Waals surface area (Å²) in [6.07, 6.45) is 3.78. The van der Waals surface area contributed by atoms with E-state index in [1.807, 2.05) is 6.92 Å². The molecule has 0 aliphatic carbocycles. The van der Waals surface area contributed by atoms with Gasteiger partial charge in [-0.15, -0.1) is 0 Å². The molecule has 4 nitrogen and oxygen atoms in total. The fourth-order valence-electron chi connectivity index (χ4n) is 1.10. The number of rotatable bonds is 3. The van der Waals surface area contributed by atoms with Gasteiger partial charge in [0, 0.05) is 23.8 Å². The van der Waals surface area contributed by atoms with Crippen LogP contribution in [0.25, 0.3) is 0 Å². The van der Waals surface area contributed by atoms with E-state index in [-0.39, 0.29) is 5.56 Å². The first kappa shape index (κ1) is 10.8. The number of nitrogens with zero attached hydrogens (tertiary/aromatic N) is 1. The van der Waals surface area contributed by atoms with Crippen LogP contribution in [0, 0.1) is 0 Å². The number of hydrogen-bond donors (Lipinski definition) is 1. The van der Waals surface area contributed by atoms with E-state index >= 15 is 0 Å². The van der Waals surface area contributed by atoms with E-state index in [2.05, 4.69) is 4.98 Å². The molecule has 0 saturated heterocycles. The van der Waals surface area contributed by atoms with Crippen LogP contribution in [-0.4, -0.2) is 9.55 Å². The highest BCUT2D eigenvalue weighted by atomic mass is 35.5. The SMILES string of the molecule is CCc1cn(CC=CCl)c(=O)[nH]c1=O. The Labute approximate surface area is 85.8 Å². The van der Waals surface area contributed by atoms with Gasteiger partial charge in [0.05, 0.1) is 0 Å². The second-order valence-electron chi connectivity index (χ2n) is 2.78. The molecule has 1 aromatic rings. The number of nitrogens with one attached hydrogen (secondary N) is 1. The Morgan fingerprint density at radius 3 is 2.86 bits per heavy atom. The van der Waals surface area contributed by atoms with Crippen molar-refractivity contribution in [1.82, 2.24) is 9.55 Å². The lowest BCUT2D eigenvalue weighted by Crippen LogP contribution is -2.31. The quantitative estimate of drug-likeness (QED) is 0.811. The number of aromatic amines is 1. The average Bonchev–Trinajstić information content (AvgIpc) is 2.17. The minimum atomic E-state index is -0.415. The first-order valence-corrected chi connectivity index (χ1v) is 4.70. The summed E-state index contributed by atoms with van der Waals surface area (Å²) in [6.45, 7) is 2.23. The number of H-pyrrole nitrogens is 1. The van der Waals surface area contributed by atoms with Crippen LogP contribution in [0.3, 0.4) is 0 Å². The smallest absolute Gasteiger partial charge is 0.296 e. The monoisotopic (exact) mass is 214 g/mol. The summed E-state index contributed by atoms with van der Waals surface area (Å²) in [6, 6.07) is 0. The lowest BCUT2D eigenvalue weighted by molar-refractivity contribution is 0.722. The van der Waals surface area contributed by atoms with Crippen LogP contribution >= 0.6 is 11.6 Å². The summed E-state index contributed by atoms with van der Waals surface area (Å²) in [5.41, 5.74) is 1.20. The number of halogens is 1. The van der Waals surface area contributed by atoms with Crippen molar-refractivity contribution >= 4 is 11.6 Å². The number of allylic oxidation sites excluding steroid dienone is 1. The van der Waals surface area contributed by atoms with Gasteiger partial charge >= 0.3 is 5.69 Å². The maximum atomic E-state index is 11.2. The normalized spacial score (nSPS) is 11.0. The first-order chi connectivity index (χ1) is 6.69. The van der Waals surface area contributed by atoms with Crippen LogP contribution < -0.4 is 11.2 Å². The molecule has 76 valence electrons. The first-order valence-electron chi connectivity index (χ1n) is 4.27. The van der Waals surface area contributed by atoms with E-state index in [0.717, 1.165) is 0 Å². The van der Waals surface area contributed by atoms with Gasteiger partial charge in [-0.2, -0.15) is 0 Å². The highest BCUT2D eigenvalue weighted by molar-refractivity contribution is 6.25. The Balaban J connectivity index is 3.17. The van der Waals surface area contributed by atoms with Crippen molar-refractivity contribution in [2.75, 3.05) is 0 Å². The van der Waals surface area contributed by atoms with E-state index in [1.54, 1.807) is 12.3 Å². The van der Waals surface area contributed by atoms with Gasteiger partial charge in [-0.05, 0) is 6.42 Å². The van der Waals surface area contributed by atoms with Crippen molar-refractivity contribution in [1.29, 1.82) is 0 Å². The highest BCUT2D eigenvalue weighted by Gasteiger charge is 2.00. The summed E-state index contributed by atoms with van der Waals surface area (Å²) in [5.74, 6) is 0. The van der Waals surface area contributed by atoms with Crippen LogP contribution in [0.15, 0.2) is 27.4 Å². The Hall–Kier alpha value is -1.29. The van der Waals surface area contributed by atoms with Gasteiger partial charge in [0.15, 0.2) is 0 Å². The zero-order chi connectivity index (χ0) is 10.6. The topological polar surface area (TPSA) is 54.9 Å². The maximum Gasteiger partial charge on any atom is 0.328 e. The summed E-state index contributed by atoms with van der Waals surface area (Å²) in [7, 11) is 0. The molecule has 0 unspecified atom stereocenters. The van der Waals surface area contributed by atoms with Crippen molar-refractivity contribution in [3.8, 4) is 0 Å². The van der Waals surface area contributed by atoms with Crippen molar-refractivity contribution in [3.63, 3.8) is 0 Å². The van der Waals surface area contributed by atoms with E-state index in [1.165, 1.54) is 10.1 Å². The zero-order valence-electron chi connectivity index (χ0n) is 7.79. The Bertz CT molecular complexity index is 445. The molecule has 0 bridgehead atoms. The van der Waals surface area contributed by atoms with Crippen molar-refractivity contribution in [3.05, 3.63) is 44.2 Å². The Kier molecular flexibility index (Phi) is 3.71. The molecule has 0 fully saturated rings. The second-order valence-corrected chi connectivity index (χ2v) is 3.03. The minimum absolute atomic E-state index is 0.316. The average molecular weight is 215 g/mol. The third kappa shape index (κ3) is 2.35. The van der Waals surface area contributed by atoms with Gasteiger partial charge < -0.3 is 0 Å². The Morgan fingerprint density at radius 2 is 2.29 bits per heavy atom. The van der Waals surface area contributed by atoms with Gasteiger partial charge in [-0.3, -0.25) is 14.3 Å². The molecule has 14 heavy (non-hydrogen) atoms. The van der Waals surface area contributed by atoms with Crippen LogP contribution in [0.1, 0.15) is 12.5 Å². The molecular weight excluding hydrogens is 204 g/mol. The highest BCUT2D eigenvalue weighted by Crippen LogP contribution is 1.90. The van der Waals surface area contributed by atoms with Gasteiger partial charge in [0.25, 0.3) is 5.56 Å². The van der Waals surface area contributed by atoms with Crippen LogP contribution in [0.2, 0.25) is 0 Å². The molecule has 0 radical (unpaired) electrons. The standard InChI is InChI=1S/C9H11ClN2O2/c1-2-7-6-12(5-3-4-10)9(14)11-8(7)13/h3-4,6H,2,5H2,1H3,(H,11,13,14). The van der Waals surface area contributed by atoms with Crippen LogP contribution in [-0.2, 0) is 13.0 Å².